The van der Waals surface area contributed by atoms with Crippen molar-refractivity contribution in [2.75, 3.05) is 25.2 Å². The van der Waals surface area contributed by atoms with Gasteiger partial charge in [0.05, 0.1) is 12.8 Å². The van der Waals surface area contributed by atoms with Crippen LogP contribution in [-0.2, 0) is 11.2 Å². The van der Waals surface area contributed by atoms with Crippen molar-refractivity contribution in [3.63, 3.8) is 0 Å². The zero-order valence-corrected chi connectivity index (χ0v) is 12.2. The number of carbonyl (C=O) groups is 1. The first kappa shape index (κ1) is 14.4. The first-order chi connectivity index (χ1) is 10.7. The van der Waals surface area contributed by atoms with Gasteiger partial charge in [-0.25, -0.2) is 4.39 Å². The monoisotopic (exact) mass is 301 g/mol. The lowest BCUT2D eigenvalue weighted by Crippen LogP contribution is -2.34. The number of methoxy groups -OCH3 is 1. The Bertz CT molecular complexity index is 702. The third kappa shape index (κ3) is 2.62. The molecule has 0 fully saturated rings. The predicted molar refractivity (Wildman–Crippen MR) is 80.9 cm³/mol. The van der Waals surface area contributed by atoms with Crippen LogP contribution in [0.15, 0.2) is 42.5 Å². The molecule has 22 heavy (non-hydrogen) atoms. The molecule has 0 atom stereocenters. The largest absolute Gasteiger partial charge is 0.493 e. The fourth-order valence-electron chi connectivity index (χ4n) is 2.61. The lowest BCUT2D eigenvalue weighted by Gasteiger charge is -2.18. The molecule has 4 nitrogen and oxygen atoms in total. The summed E-state index contributed by atoms with van der Waals surface area (Å²) in [5.74, 6) is 0.407. The molecule has 1 heterocycles. The summed E-state index contributed by atoms with van der Waals surface area (Å²) >= 11 is 0. The van der Waals surface area contributed by atoms with Crippen LogP contribution in [0.4, 0.5) is 10.1 Å². The van der Waals surface area contributed by atoms with E-state index < -0.39 is 0 Å². The van der Waals surface area contributed by atoms with E-state index in [2.05, 4.69) is 0 Å². The van der Waals surface area contributed by atoms with Crippen LogP contribution in [0.2, 0.25) is 0 Å². The molecule has 0 N–H and O–H groups in total. The van der Waals surface area contributed by atoms with E-state index in [1.807, 2.05) is 12.1 Å². The van der Waals surface area contributed by atoms with Gasteiger partial charge < -0.3 is 14.4 Å². The number of anilines is 1. The van der Waals surface area contributed by atoms with Crippen LogP contribution >= 0.6 is 0 Å². The van der Waals surface area contributed by atoms with Crippen molar-refractivity contribution >= 4 is 11.6 Å². The highest BCUT2D eigenvalue weighted by atomic mass is 19.1. The van der Waals surface area contributed by atoms with Gasteiger partial charge in [-0.2, -0.15) is 0 Å². The number of amides is 1. The maximum Gasteiger partial charge on any atom is 0.265 e. The lowest BCUT2D eigenvalue weighted by atomic mass is 10.1. The SMILES string of the molecule is COc1ccccc1OCC(=O)N1CCc2cccc(F)c21. The van der Waals surface area contributed by atoms with Gasteiger partial charge in [-0.05, 0) is 30.2 Å². The van der Waals surface area contributed by atoms with Crippen molar-refractivity contribution in [2.24, 2.45) is 0 Å². The lowest BCUT2D eigenvalue weighted by molar-refractivity contribution is -0.120. The minimum Gasteiger partial charge on any atom is -0.493 e. The van der Waals surface area contributed by atoms with E-state index in [4.69, 9.17) is 9.47 Å². The maximum absolute atomic E-state index is 13.9. The molecule has 0 radical (unpaired) electrons. The van der Waals surface area contributed by atoms with E-state index >= 15 is 0 Å². The van der Waals surface area contributed by atoms with Crippen molar-refractivity contribution in [3.05, 3.63) is 53.8 Å². The highest BCUT2D eigenvalue weighted by Crippen LogP contribution is 2.31. The third-order valence-corrected chi connectivity index (χ3v) is 3.67. The molecule has 1 aliphatic rings. The van der Waals surface area contributed by atoms with Gasteiger partial charge >= 0.3 is 0 Å². The van der Waals surface area contributed by atoms with Crippen LogP contribution in [-0.4, -0.2) is 26.2 Å². The maximum atomic E-state index is 13.9. The number of hydrogen-bond acceptors (Lipinski definition) is 3. The molecule has 5 heteroatoms. The van der Waals surface area contributed by atoms with Crippen LogP contribution in [0, 0.1) is 5.82 Å². The van der Waals surface area contributed by atoms with Gasteiger partial charge in [-0.15, -0.1) is 0 Å². The number of nitrogens with zero attached hydrogens (tertiary/aromatic N) is 1. The summed E-state index contributed by atoms with van der Waals surface area (Å²) in [7, 11) is 1.54. The zero-order chi connectivity index (χ0) is 15.5. The highest BCUT2D eigenvalue weighted by Gasteiger charge is 2.27. The van der Waals surface area contributed by atoms with Gasteiger partial charge in [0.1, 0.15) is 5.82 Å². The summed E-state index contributed by atoms with van der Waals surface area (Å²) in [5, 5.41) is 0. The standard InChI is InChI=1S/C17H16FNO3/c1-21-14-7-2-3-8-15(14)22-11-16(20)19-10-9-12-5-4-6-13(18)17(12)19/h2-8H,9-11H2,1H3. The van der Waals surface area contributed by atoms with E-state index in [1.165, 1.54) is 18.1 Å². The fourth-order valence-corrected chi connectivity index (χ4v) is 2.61. The first-order valence-electron chi connectivity index (χ1n) is 7.04. The third-order valence-electron chi connectivity index (χ3n) is 3.67. The predicted octanol–water partition coefficient (Wildman–Crippen LogP) is 2.80. The van der Waals surface area contributed by atoms with Crippen LogP contribution in [0.1, 0.15) is 5.56 Å². The van der Waals surface area contributed by atoms with E-state index in [9.17, 15) is 9.18 Å². The Morgan fingerprint density at radius 1 is 1.18 bits per heavy atom. The topological polar surface area (TPSA) is 38.8 Å². The molecule has 0 saturated carbocycles. The molecule has 1 amide bonds. The average molecular weight is 301 g/mol. The van der Waals surface area contributed by atoms with E-state index in [0.717, 1.165) is 5.56 Å². The Hall–Kier alpha value is -2.56. The smallest absolute Gasteiger partial charge is 0.265 e. The summed E-state index contributed by atoms with van der Waals surface area (Å²) in [4.78, 5) is 13.8. The molecule has 0 spiro atoms. The number of benzene rings is 2. The van der Waals surface area contributed by atoms with Gasteiger partial charge in [-0.3, -0.25) is 4.79 Å². The number of fused-ring (bicyclic) bond motifs is 1. The second kappa shape index (κ2) is 6.05. The molecule has 0 saturated heterocycles. The Kier molecular flexibility index (Phi) is 3.96. The molecule has 0 aliphatic carbocycles. The van der Waals surface area contributed by atoms with E-state index in [-0.39, 0.29) is 18.3 Å². The van der Waals surface area contributed by atoms with Crippen molar-refractivity contribution in [1.82, 2.24) is 0 Å². The normalized spacial score (nSPS) is 12.9. The van der Waals surface area contributed by atoms with Crippen molar-refractivity contribution in [1.29, 1.82) is 0 Å². The Labute approximate surface area is 128 Å². The zero-order valence-electron chi connectivity index (χ0n) is 12.2. The number of rotatable bonds is 4. The van der Waals surface area contributed by atoms with Gasteiger partial charge in [-0.1, -0.05) is 24.3 Å². The number of ether oxygens (including phenoxy) is 2. The number of para-hydroxylation sites is 3. The molecule has 0 bridgehead atoms. The van der Waals surface area contributed by atoms with E-state index in [1.54, 1.807) is 24.3 Å². The molecule has 2 aromatic rings. The van der Waals surface area contributed by atoms with Crippen molar-refractivity contribution in [3.8, 4) is 11.5 Å². The number of hydrogen-bond donors (Lipinski definition) is 0. The molecule has 1 aliphatic heterocycles. The van der Waals surface area contributed by atoms with Gasteiger partial charge in [0, 0.05) is 6.54 Å². The highest BCUT2D eigenvalue weighted by molar-refractivity contribution is 5.96. The molecule has 2 aromatic carbocycles. The van der Waals surface area contributed by atoms with Crippen LogP contribution in [0.5, 0.6) is 11.5 Å². The summed E-state index contributed by atoms with van der Waals surface area (Å²) in [6.07, 6.45) is 0.660. The molecule has 0 aromatic heterocycles. The Morgan fingerprint density at radius 3 is 2.73 bits per heavy atom. The number of halogens is 1. The van der Waals surface area contributed by atoms with Gasteiger partial charge in [0.15, 0.2) is 18.1 Å². The minimum absolute atomic E-state index is 0.159. The second-order valence-corrected chi connectivity index (χ2v) is 4.98. The van der Waals surface area contributed by atoms with Crippen LogP contribution in [0.3, 0.4) is 0 Å². The van der Waals surface area contributed by atoms with Crippen LogP contribution < -0.4 is 14.4 Å². The Morgan fingerprint density at radius 2 is 1.95 bits per heavy atom. The van der Waals surface area contributed by atoms with E-state index in [0.29, 0.717) is 30.2 Å². The molecule has 3 rings (SSSR count). The van der Waals surface area contributed by atoms with Gasteiger partial charge in [0.2, 0.25) is 0 Å². The fraction of sp³-hybridized carbons (Fsp3) is 0.235. The summed E-state index contributed by atoms with van der Waals surface area (Å²) in [5.41, 5.74) is 1.22. The van der Waals surface area contributed by atoms with Crippen LogP contribution in [0.25, 0.3) is 0 Å². The summed E-state index contributed by atoms with van der Waals surface area (Å²) in [6.45, 7) is 0.318. The second-order valence-electron chi connectivity index (χ2n) is 4.98. The summed E-state index contributed by atoms with van der Waals surface area (Å²) in [6, 6.07) is 12.0. The molecule has 0 unspecified atom stereocenters. The first-order valence-corrected chi connectivity index (χ1v) is 7.04. The quantitative estimate of drug-likeness (QED) is 0.871. The molecular weight excluding hydrogens is 285 g/mol. The van der Waals surface area contributed by atoms with Gasteiger partial charge in [0.25, 0.3) is 5.91 Å². The number of carbonyl (C=O) groups excluding carboxylic acids is 1. The Balaban J connectivity index is 1.72. The minimum atomic E-state index is -0.374. The van der Waals surface area contributed by atoms with Crippen molar-refractivity contribution < 1.29 is 18.7 Å². The van der Waals surface area contributed by atoms with Crippen molar-refractivity contribution in [2.45, 2.75) is 6.42 Å². The average Bonchev–Trinajstić information content (AvgIpc) is 2.98. The molecular formula is C17H16FNO3. The summed E-state index contributed by atoms with van der Waals surface area (Å²) < 4.78 is 24.6. The molecule has 114 valence electrons.